The molecule has 3 heteroatoms. The molecule has 0 fully saturated rings. The Hall–Kier alpha value is -1.71. The van der Waals surface area contributed by atoms with E-state index in [1.54, 1.807) is 0 Å². The zero-order valence-electron chi connectivity index (χ0n) is 11.4. The van der Waals surface area contributed by atoms with E-state index < -0.39 is 6.17 Å². The van der Waals surface area contributed by atoms with Gasteiger partial charge < -0.3 is 9.47 Å². The number of alkyl halides is 1. The summed E-state index contributed by atoms with van der Waals surface area (Å²) in [7, 11) is 0. The van der Waals surface area contributed by atoms with Gasteiger partial charge in [-0.3, -0.25) is 0 Å². The molecule has 2 nitrogen and oxygen atoms in total. The van der Waals surface area contributed by atoms with Crippen molar-refractivity contribution >= 4 is 0 Å². The Balaban J connectivity index is 1.58. The second-order valence-electron chi connectivity index (χ2n) is 4.60. The summed E-state index contributed by atoms with van der Waals surface area (Å²) in [5, 5.41) is 0. The summed E-state index contributed by atoms with van der Waals surface area (Å²) >= 11 is 0. The lowest BCUT2D eigenvalue weighted by molar-refractivity contribution is 0.0107. The number of rotatable bonds is 8. The molecule has 0 amide bonds. The molecular weight excluding hydrogens is 255 g/mol. The highest BCUT2D eigenvalue weighted by molar-refractivity contribution is 5.14. The zero-order chi connectivity index (χ0) is 14.0. The minimum absolute atomic E-state index is 0.0592. The van der Waals surface area contributed by atoms with E-state index in [9.17, 15) is 4.39 Å². The maximum atomic E-state index is 13.6. The Kier molecular flexibility index (Phi) is 6.21. The number of ether oxygens (including phenoxy) is 2. The van der Waals surface area contributed by atoms with Crippen molar-refractivity contribution in [2.45, 2.75) is 19.4 Å². The smallest absolute Gasteiger partial charge is 0.147 e. The van der Waals surface area contributed by atoms with Gasteiger partial charge in [0.2, 0.25) is 0 Å². The molecule has 0 heterocycles. The van der Waals surface area contributed by atoms with Crippen LogP contribution in [0.1, 0.15) is 11.1 Å². The first-order chi connectivity index (χ1) is 9.84. The highest BCUT2D eigenvalue weighted by Gasteiger charge is 2.07. The van der Waals surface area contributed by atoms with Crippen molar-refractivity contribution < 1.29 is 13.9 Å². The Bertz CT molecular complexity index is 427. The molecule has 0 aliphatic rings. The Morgan fingerprint density at radius 1 is 0.700 bits per heavy atom. The van der Waals surface area contributed by atoms with Gasteiger partial charge in [0.25, 0.3) is 0 Å². The van der Waals surface area contributed by atoms with Crippen molar-refractivity contribution in [2.24, 2.45) is 0 Å². The van der Waals surface area contributed by atoms with Crippen molar-refractivity contribution in [1.82, 2.24) is 0 Å². The molecule has 0 aromatic heterocycles. The van der Waals surface area contributed by atoms with Crippen LogP contribution in [0.25, 0.3) is 0 Å². The first-order valence-electron chi connectivity index (χ1n) is 6.72. The molecule has 2 aromatic rings. The van der Waals surface area contributed by atoms with Gasteiger partial charge in [0.1, 0.15) is 6.17 Å². The minimum Gasteiger partial charge on any atom is -0.374 e. The average molecular weight is 274 g/mol. The van der Waals surface area contributed by atoms with E-state index >= 15 is 0 Å². The topological polar surface area (TPSA) is 18.5 Å². The highest BCUT2D eigenvalue weighted by atomic mass is 19.1. The van der Waals surface area contributed by atoms with Gasteiger partial charge in [-0.2, -0.15) is 0 Å². The third kappa shape index (κ3) is 5.51. The number of benzene rings is 2. The van der Waals surface area contributed by atoms with Crippen LogP contribution in [-0.2, 0) is 22.7 Å². The van der Waals surface area contributed by atoms with E-state index in [0.717, 1.165) is 11.1 Å². The van der Waals surface area contributed by atoms with Crippen LogP contribution in [0.5, 0.6) is 0 Å². The quantitative estimate of drug-likeness (QED) is 0.729. The van der Waals surface area contributed by atoms with Gasteiger partial charge in [0.15, 0.2) is 0 Å². The van der Waals surface area contributed by atoms with Crippen molar-refractivity contribution in [3.05, 3.63) is 71.8 Å². The molecule has 0 atom stereocenters. The Labute approximate surface area is 119 Å². The molecular formula is C17H19FO2. The summed E-state index contributed by atoms with van der Waals surface area (Å²) in [6.07, 6.45) is -1.09. The van der Waals surface area contributed by atoms with Crippen molar-refractivity contribution in [2.75, 3.05) is 13.2 Å². The van der Waals surface area contributed by atoms with Gasteiger partial charge in [0, 0.05) is 0 Å². The Morgan fingerprint density at radius 2 is 1.10 bits per heavy atom. The molecule has 20 heavy (non-hydrogen) atoms. The molecule has 2 rings (SSSR count). The minimum atomic E-state index is -1.09. The van der Waals surface area contributed by atoms with E-state index in [0.29, 0.717) is 13.2 Å². The van der Waals surface area contributed by atoms with Crippen LogP contribution in [0.2, 0.25) is 0 Å². The van der Waals surface area contributed by atoms with Gasteiger partial charge >= 0.3 is 0 Å². The highest BCUT2D eigenvalue weighted by Crippen LogP contribution is 2.04. The van der Waals surface area contributed by atoms with Crippen LogP contribution in [0.15, 0.2) is 60.7 Å². The molecule has 0 N–H and O–H groups in total. The zero-order valence-corrected chi connectivity index (χ0v) is 11.4. The van der Waals surface area contributed by atoms with Gasteiger partial charge in [-0.05, 0) is 11.1 Å². The van der Waals surface area contributed by atoms with Crippen molar-refractivity contribution in [3.63, 3.8) is 0 Å². The van der Waals surface area contributed by atoms with Crippen LogP contribution in [0.4, 0.5) is 4.39 Å². The predicted molar refractivity (Wildman–Crippen MR) is 77.1 cm³/mol. The lowest BCUT2D eigenvalue weighted by Crippen LogP contribution is -2.17. The third-order valence-electron chi connectivity index (χ3n) is 2.82. The van der Waals surface area contributed by atoms with Crippen LogP contribution >= 0.6 is 0 Å². The molecule has 0 unspecified atom stereocenters. The SMILES string of the molecule is FC(COCc1ccccc1)COCc1ccccc1. The van der Waals surface area contributed by atoms with Crippen LogP contribution in [0, 0.1) is 0 Å². The van der Waals surface area contributed by atoms with E-state index in [-0.39, 0.29) is 13.2 Å². The number of hydrogen-bond donors (Lipinski definition) is 0. The largest absolute Gasteiger partial charge is 0.374 e. The predicted octanol–water partition coefficient (Wildman–Crippen LogP) is 3.76. The van der Waals surface area contributed by atoms with Gasteiger partial charge in [0.05, 0.1) is 26.4 Å². The lowest BCUT2D eigenvalue weighted by Gasteiger charge is -2.10. The summed E-state index contributed by atoms with van der Waals surface area (Å²) in [4.78, 5) is 0. The van der Waals surface area contributed by atoms with E-state index in [4.69, 9.17) is 9.47 Å². The molecule has 0 saturated carbocycles. The standard InChI is InChI=1S/C17H19FO2/c18-17(13-19-11-15-7-3-1-4-8-15)14-20-12-16-9-5-2-6-10-16/h1-10,17H,11-14H2. The fourth-order valence-corrected chi connectivity index (χ4v) is 1.81. The third-order valence-corrected chi connectivity index (χ3v) is 2.82. The van der Waals surface area contributed by atoms with Gasteiger partial charge in [-0.1, -0.05) is 60.7 Å². The summed E-state index contributed by atoms with van der Waals surface area (Å²) in [6, 6.07) is 19.5. The summed E-state index contributed by atoms with van der Waals surface area (Å²) in [5.41, 5.74) is 2.09. The van der Waals surface area contributed by atoms with E-state index in [2.05, 4.69) is 0 Å². The maximum absolute atomic E-state index is 13.6. The molecule has 106 valence electrons. The Morgan fingerprint density at radius 3 is 1.50 bits per heavy atom. The normalized spacial score (nSPS) is 10.9. The van der Waals surface area contributed by atoms with Gasteiger partial charge in [-0.15, -0.1) is 0 Å². The molecule has 0 bridgehead atoms. The molecule has 0 radical (unpaired) electrons. The summed E-state index contributed by atoms with van der Waals surface area (Å²) in [6.45, 7) is 0.979. The first-order valence-corrected chi connectivity index (χ1v) is 6.72. The lowest BCUT2D eigenvalue weighted by atomic mass is 10.2. The monoisotopic (exact) mass is 274 g/mol. The second kappa shape index (κ2) is 8.46. The molecule has 0 saturated heterocycles. The average Bonchev–Trinajstić information content (AvgIpc) is 2.49. The van der Waals surface area contributed by atoms with Crippen molar-refractivity contribution in [1.29, 1.82) is 0 Å². The van der Waals surface area contributed by atoms with Crippen molar-refractivity contribution in [3.8, 4) is 0 Å². The molecule has 0 aliphatic heterocycles. The van der Waals surface area contributed by atoms with E-state index in [1.165, 1.54) is 0 Å². The number of halogens is 1. The first kappa shape index (κ1) is 14.7. The fraction of sp³-hybridized carbons (Fsp3) is 0.294. The van der Waals surface area contributed by atoms with Crippen LogP contribution in [-0.4, -0.2) is 19.4 Å². The number of hydrogen-bond acceptors (Lipinski definition) is 2. The van der Waals surface area contributed by atoms with Crippen LogP contribution in [0.3, 0.4) is 0 Å². The second-order valence-corrected chi connectivity index (χ2v) is 4.60. The molecule has 0 aliphatic carbocycles. The molecule has 0 spiro atoms. The maximum Gasteiger partial charge on any atom is 0.147 e. The summed E-state index contributed by atoms with van der Waals surface area (Å²) in [5.74, 6) is 0. The summed E-state index contributed by atoms with van der Waals surface area (Å²) < 4.78 is 24.2. The molecule has 2 aromatic carbocycles. The van der Waals surface area contributed by atoms with Crippen LogP contribution < -0.4 is 0 Å². The fourth-order valence-electron chi connectivity index (χ4n) is 1.81. The van der Waals surface area contributed by atoms with Gasteiger partial charge in [-0.25, -0.2) is 4.39 Å². The van der Waals surface area contributed by atoms with E-state index in [1.807, 2.05) is 60.7 Å².